The molecule has 0 bridgehead atoms. The first-order valence-electron chi connectivity index (χ1n) is 9.14. The lowest BCUT2D eigenvalue weighted by molar-refractivity contribution is -0.372. The first kappa shape index (κ1) is 26.2. The van der Waals surface area contributed by atoms with Gasteiger partial charge < -0.3 is 66.3 Å². The number of nitrogens with one attached hydrogen (secondary N) is 4. The van der Waals surface area contributed by atoms with Gasteiger partial charge in [0.15, 0.2) is 22.8 Å². The first-order valence-corrected chi connectivity index (χ1v) is 9.96. The third-order valence-corrected chi connectivity index (χ3v) is 5.32. The second-order valence-corrected chi connectivity index (χ2v) is 7.69. The van der Waals surface area contributed by atoms with Crippen LogP contribution in [0.2, 0.25) is 0 Å². The van der Waals surface area contributed by atoms with Crippen molar-refractivity contribution in [2.45, 2.75) is 61.4 Å². The Kier molecular flexibility index (Phi) is 9.89. The molecule has 2 heterocycles. The van der Waals surface area contributed by atoms with Crippen LogP contribution >= 0.6 is 24.4 Å². The predicted molar refractivity (Wildman–Crippen MR) is 110 cm³/mol. The molecule has 0 aliphatic carbocycles. The molecule has 15 nitrogen and oxygen atoms in total. The minimum atomic E-state index is -1.73. The van der Waals surface area contributed by atoms with Crippen molar-refractivity contribution >= 4 is 34.7 Å². The van der Waals surface area contributed by atoms with Gasteiger partial charge in [0.1, 0.15) is 48.8 Å². The summed E-state index contributed by atoms with van der Waals surface area (Å²) < 4.78 is 16.4. The fourth-order valence-corrected chi connectivity index (χ4v) is 3.18. The normalized spacial score (nSPS) is 40.6. The Morgan fingerprint density at radius 3 is 1.35 bits per heavy atom. The molecule has 0 spiro atoms. The molecule has 180 valence electrons. The molecule has 2 aliphatic rings. The molecular formula is C14H28N6O9S2. The van der Waals surface area contributed by atoms with Gasteiger partial charge in [-0.15, -0.1) is 0 Å². The fraction of sp³-hybridized carbons (Fsp3) is 0.857. The van der Waals surface area contributed by atoms with Crippen LogP contribution in [-0.4, -0.2) is 115 Å². The molecule has 10 atom stereocenters. The second-order valence-electron chi connectivity index (χ2n) is 6.87. The molecule has 2 aliphatic heterocycles. The average Bonchev–Trinajstić information content (AvgIpc) is 2.77. The maximum Gasteiger partial charge on any atom is 0.189 e. The zero-order valence-electron chi connectivity index (χ0n) is 16.1. The van der Waals surface area contributed by atoms with Gasteiger partial charge in [-0.2, -0.15) is 0 Å². The van der Waals surface area contributed by atoms with E-state index in [1.165, 1.54) is 0 Å². The highest BCUT2D eigenvalue weighted by Crippen LogP contribution is 2.28. The van der Waals surface area contributed by atoms with Gasteiger partial charge in [-0.05, 0) is 24.4 Å². The maximum absolute atomic E-state index is 10.2. The van der Waals surface area contributed by atoms with Crippen molar-refractivity contribution in [3.63, 3.8) is 0 Å². The summed E-state index contributed by atoms with van der Waals surface area (Å²) in [6.45, 7) is -0.224. The van der Waals surface area contributed by atoms with Crippen LogP contribution in [0.5, 0.6) is 0 Å². The molecule has 6 unspecified atom stereocenters. The Morgan fingerprint density at radius 1 is 0.677 bits per heavy atom. The maximum atomic E-state index is 10.2. The monoisotopic (exact) mass is 488 g/mol. The zero-order valence-corrected chi connectivity index (χ0v) is 17.7. The van der Waals surface area contributed by atoms with Crippen molar-refractivity contribution in [1.82, 2.24) is 21.5 Å². The summed E-state index contributed by atoms with van der Waals surface area (Å²) in [7, 11) is 0. The van der Waals surface area contributed by atoms with Crippen molar-refractivity contribution in [3.8, 4) is 0 Å². The Bertz CT molecular complexity index is 575. The quantitative estimate of drug-likeness (QED) is 0.0942. The Hall–Kier alpha value is -1.06. The van der Waals surface area contributed by atoms with Gasteiger partial charge in [0.25, 0.3) is 0 Å². The topological polar surface area (TPSA) is 249 Å². The summed E-state index contributed by atoms with van der Waals surface area (Å²) in [5, 5.41) is 66.3. The van der Waals surface area contributed by atoms with Gasteiger partial charge in [-0.25, -0.2) is 11.7 Å². The number of hydrogen-bond donors (Lipinski definition) is 12. The summed E-state index contributed by atoms with van der Waals surface area (Å²) >= 11 is 9.64. The summed E-state index contributed by atoms with van der Waals surface area (Å²) in [5.41, 5.74) is 4.34. The molecule has 0 radical (unpaired) electrons. The van der Waals surface area contributed by atoms with Gasteiger partial charge in [-0.3, -0.25) is 0 Å². The van der Waals surface area contributed by atoms with Crippen molar-refractivity contribution in [2.75, 3.05) is 13.1 Å². The summed E-state index contributed by atoms with van der Waals surface area (Å²) in [5.74, 6) is 10.3. The van der Waals surface area contributed by atoms with Crippen LogP contribution in [0.4, 0.5) is 0 Å². The summed E-state index contributed by atoms with van der Waals surface area (Å²) in [6, 6.07) is 0. The highest BCUT2D eigenvalue weighted by Gasteiger charge is 2.49. The molecule has 14 N–H and O–H groups in total. The average molecular weight is 489 g/mol. The van der Waals surface area contributed by atoms with E-state index in [0.717, 1.165) is 0 Å². The molecule has 31 heavy (non-hydrogen) atoms. The lowest BCUT2D eigenvalue weighted by atomic mass is 9.97. The van der Waals surface area contributed by atoms with Gasteiger partial charge in [0.05, 0.1) is 0 Å². The molecule has 0 aromatic carbocycles. The molecule has 2 fully saturated rings. The lowest BCUT2D eigenvalue weighted by Crippen LogP contribution is -2.65. The summed E-state index contributed by atoms with van der Waals surface area (Å²) in [6.07, 6.45) is -15.2. The van der Waals surface area contributed by atoms with Crippen LogP contribution in [-0.2, 0) is 14.2 Å². The van der Waals surface area contributed by atoms with Crippen molar-refractivity contribution < 1.29 is 44.8 Å². The van der Waals surface area contributed by atoms with Gasteiger partial charge in [0, 0.05) is 13.1 Å². The highest BCUT2D eigenvalue weighted by atomic mass is 32.1. The smallest absolute Gasteiger partial charge is 0.189 e. The number of ether oxygens (including phenoxy) is 3. The number of hydrazine groups is 2. The van der Waals surface area contributed by atoms with Crippen LogP contribution in [0.15, 0.2) is 0 Å². The molecule has 0 amide bonds. The zero-order chi connectivity index (χ0) is 23.3. The van der Waals surface area contributed by atoms with E-state index < -0.39 is 61.4 Å². The van der Waals surface area contributed by atoms with E-state index in [2.05, 4.69) is 21.5 Å². The van der Waals surface area contributed by atoms with Crippen LogP contribution in [0.25, 0.3) is 0 Å². The van der Waals surface area contributed by atoms with E-state index >= 15 is 0 Å². The van der Waals surface area contributed by atoms with Crippen molar-refractivity contribution in [1.29, 1.82) is 0 Å². The molecular weight excluding hydrogens is 460 g/mol. The van der Waals surface area contributed by atoms with Crippen LogP contribution in [0.1, 0.15) is 0 Å². The third-order valence-electron chi connectivity index (χ3n) is 4.80. The van der Waals surface area contributed by atoms with Crippen LogP contribution in [0, 0.1) is 0 Å². The van der Waals surface area contributed by atoms with E-state index in [0.29, 0.717) is 0 Å². The van der Waals surface area contributed by atoms with Crippen LogP contribution < -0.4 is 33.2 Å². The number of hydrogen-bond acceptors (Lipinski definition) is 13. The first-order chi connectivity index (χ1) is 14.6. The number of aliphatic hydroxyl groups excluding tert-OH is 6. The molecule has 2 rings (SSSR count). The SMILES string of the molecule is NNC(=S)NCC1O[C@H](O[C@H]2OC(CNC(=S)NN)[C@@H](O)C(O)C2O)C(O)C(O)[C@@H]1O. The highest BCUT2D eigenvalue weighted by molar-refractivity contribution is 7.80. The minimum absolute atomic E-state index is 0.0391. The molecule has 0 aromatic rings. The number of rotatable bonds is 6. The molecule has 0 aromatic heterocycles. The minimum Gasteiger partial charge on any atom is -0.388 e. The van der Waals surface area contributed by atoms with E-state index in [1.54, 1.807) is 0 Å². The number of thiocarbonyl (C=S) groups is 2. The molecule has 2 saturated heterocycles. The largest absolute Gasteiger partial charge is 0.388 e. The van der Waals surface area contributed by atoms with E-state index in [1.807, 2.05) is 0 Å². The Labute approximate surface area is 187 Å². The van der Waals surface area contributed by atoms with Crippen molar-refractivity contribution in [3.05, 3.63) is 0 Å². The fourth-order valence-electron chi connectivity index (χ4n) is 3.02. The number of nitrogens with two attached hydrogens (primary N) is 2. The van der Waals surface area contributed by atoms with Crippen LogP contribution in [0.3, 0.4) is 0 Å². The Morgan fingerprint density at radius 2 is 1.03 bits per heavy atom. The Balaban J connectivity index is 2.06. The van der Waals surface area contributed by atoms with E-state index in [-0.39, 0.29) is 23.3 Å². The summed E-state index contributed by atoms with van der Waals surface area (Å²) in [4.78, 5) is 0. The lowest BCUT2D eigenvalue weighted by Gasteiger charge is -2.45. The van der Waals surface area contributed by atoms with Gasteiger partial charge >= 0.3 is 0 Å². The van der Waals surface area contributed by atoms with Gasteiger partial charge in [-0.1, -0.05) is 0 Å². The molecule has 0 saturated carbocycles. The van der Waals surface area contributed by atoms with Gasteiger partial charge in [0.2, 0.25) is 0 Å². The predicted octanol–water partition coefficient (Wildman–Crippen LogP) is -6.71. The third kappa shape index (κ3) is 6.48. The second kappa shape index (κ2) is 11.7. The van der Waals surface area contributed by atoms with Crippen molar-refractivity contribution in [2.24, 2.45) is 11.7 Å². The van der Waals surface area contributed by atoms with E-state index in [9.17, 15) is 30.6 Å². The molecule has 17 heteroatoms. The van der Waals surface area contributed by atoms with E-state index in [4.69, 9.17) is 50.3 Å². The number of aliphatic hydroxyl groups is 6. The standard InChI is InChI=1S/C14H28N6O9S2/c15-19-13(30)17-1-3-5(21)7(23)9(25)11(27-3)29-12-10(26)8(24)6(22)4(28-12)2-18-14(31)20-16/h3-12,21-26H,1-2,15-16H2,(H2,17,19,30)(H2,18,20,31)/t3?,4?,5-,6-,7?,8?,9?,10?,11-,12-/m1/s1.